The second kappa shape index (κ2) is 35.1. The molecule has 2 aromatic heterocycles. The fourth-order valence-electron chi connectivity index (χ4n) is 11.4. The van der Waals surface area contributed by atoms with E-state index in [1.54, 1.807) is 22.7 Å². The topological polar surface area (TPSA) is 40.6 Å². The zero-order valence-corrected chi connectivity index (χ0v) is 51.0. The highest BCUT2D eigenvalue weighted by Gasteiger charge is 2.50. The van der Waals surface area contributed by atoms with Crippen LogP contribution < -0.4 is 0 Å². The Morgan fingerprint density at radius 1 is 0.400 bits per heavy atom. The number of thiophene rings is 2. The molecule has 2 aliphatic heterocycles. The molecule has 4 heterocycles. The standard InChI is InChI=1S/C62H102Br2N2O2S2/c1-9-17-23-27-29-33-39-49(37-31-25-19-11-3)41-51-43-53(69-59(51)63)57-55-56(62(68)65(57)45-47(15-7)35-21-13-5)58(66(61(55)67)46-48(16-8)36-22-14-6)54-44-52(60(64)70-54)42-50(38-32-26-20-12-4)40-34-30-28-24-18-10-2/h43-44,47-50H,9-42,45-46H2,1-8H3. The minimum absolute atomic E-state index is 0.0401. The van der Waals surface area contributed by atoms with Crippen LogP contribution in [-0.4, -0.2) is 34.7 Å². The number of rotatable bonds is 42. The molecule has 4 nitrogen and oxygen atoms in total. The number of hydrogen-bond acceptors (Lipinski definition) is 4. The first kappa shape index (κ1) is 61.3. The molecule has 0 spiro atoms. The summed E-state index contributed by atoms with van der Waals surface area (Å²) in [4.78, 5) is 37.6. The van der Waals surface area contributed by atoms with E-state index in [1.165, 1.54) is 173 Å². The van der Waals surface area contributed by atoms with Crippen LogP contribution in [0.4, 0.5) is 0 Å². The summed E-state index contributed by atoms with van der Waals surface area (Å²) in [5.41, 5.74) is 5.82. The molecule has 398 valence electrons. The van der Waals surface area contributed by atoms with Gasteiger partial charge < -0.3 is 9.80 Å². The molecular formula is C62H102Br2N2O2S2. The third-order valence-corrected chi connectivity index (χ3v) is 19.9. The van der Waals surface area contributed by atoms with Crippen molar-refractivity contribution in [2.75, 3.05) is 13.1 Å². The fourth-order valence-corrected chi connectivity index (χ4v) is 15.0. The average molecular weight is 1130 g/mol. The van der Waals surface area contributed by atoms with Crippen LogP contribution in [0.3, 0.4) is 0 Å². The van der Waals surface area contributed by atoms with Gasteiger partial charge in [-0.15, -0.1) is 22.7 Å². The Kier molecular flexibility index (Phi) is 30.8. The second-order valence-corrected chi connectivity index (χ2v) is 26.6. The number of unbranched alkanes of at least 4 members (excludes halogenated alkanes) is 18. The Morgan fingerprint density at radius 2 is 0.686 bits per heavy atom. The molecule has 0 aliphatic carbocycles. The smallest absolute Gasteiger partial charge is 0.261 e. The molecule has 0 saturated carbocycles. The predicted octanol–water partition coefficient (Wildman–Crippen LogP) is 21.3. The number of hydrogen-bond donors (Lipinski definition) is 0. The van der Waals surface area contributed by atoms with Crippen molar-refractivity contribution in [3.8, 4) is 0 Å². The fraction of sp³-hybridized carbons (Fsp3) is 0.774. The van der Waals surface area contributed by atoms with Crippen LogP contribution in [0, 0.1) is 23.7 Å². The van der Waals surface area contributed by atoms with Crippen LogP contribution in [0.1, 0.15) is 282 Å². The molecule has 4 atom stereocenters. The molecule has 4 unspecified atom stereocenters. The summed E-state index contributed by atoms with van der Waals surface area (Å²) < 4.78 is 2.34. The van der Waals surface area contributed by atoms with E-state index in [-0.39, 0.29) is 11.8 Å². The van der Waals surface area contributed by atoms with Crippen molar-refractivity contribution >= 4 is 77.7 Å². The number of carbonyl (C=O) groups excluding carboxylic acids is 2. The molecule has 0 aromatic carbocycles. The third-order valence-electron chi connectivity index (χ3n) is 16.0. The van der Waals surface area contributed by atoms with Gasteiger partial charge in [0.15, 0.2) is 0 Å². The molecule has 0 bridgehead atoms. The molecule has 2 amide bonds. The highest BCUT2D eigenvalue weighted by Crippen LogP contribution is 2.51. The van der Waals surface area contributed by atoms with Crippen molar-refractivity contribution in [3.05, 3.63) is 51.7 Å². The predicted molar refractivity (Wildman–Crippen MR) is 316 cm³/mol. The van der Waals surface area contributed by atoms with Crippen LogP contribution in [0.5, 0.6) is 0 Å². The summed E-state index contributed by atoms with van der Waals surface area (Å²) in [5.74, 6) is 2.13. The van der Waals surface area contributed by atoms with Crippen LogP contribution in [-0.2, 0) is 22.4 Å². The van der Waals surface area contributed by atoms with Crippen molar-refractivity contribution < 1.29 is 9.59 Å². The van der Waals surface area contributed by atoms with Gasteiger partial charge in [-0.3, -0.25) is 9.59 Å². The van der Waals surface area contributed by atoms with E-state index >= 15 is 9.59 Å². The summed E-state index contributed by atoms with van der Waals surface area (Å²) in [7, 11) is 0. The van der Waals surface area contributed by atoms with Gasteiger partial charge in [-0.25, -0.2) is 0 Å². The summed E-state index contributed by atoms with van der Waals surface area (Å²) in [6.07, 6.45) is 42.4. The molecule has 70 heavy (non-hydrogen) atoms. The summed E-state index contributed by atoms with van der Waals surface area (Å²) in [6, 6.07) is 4.78. The van der Waals surface area contributed by atoms with Gasteiger partial charge in [0, 0.05) is 13.1 Å². The first-order chi connectivity index (χ1) is 34.1. The number of amides is 2. The largest absolute Gasteiger partial charge is 0.306 e. The molecule has 0 N–H and O–H groups in total. The van der Waals surface area contributed by atoms with E-state index in [4.69, 9.17) is 0 Å². The summed E-state index contributed by atoms with van der Waals surface area (Å²) in [5, 5.41) is 0. The molecule has 0 saturated heterocycles. The SMILES string of the molecule is CCCCCCCCC(CCCCCC)Cc1cc(C2=C3C(=O)N(CC(CC)CCCC)C(c4cc(CC(CCCCCC)CCCCCCCC)c(Br)s4)=C3C(=O)N2CC(CC)CCCC)sc1Br. The number of fused-ring (bicyclic) bond motifs is 1. The van der Waals surface area contributed by atoms with Gasteiger partial charge >= 0.3 is 0 Å². The first-order valence-corrected chi connectivity index (χ1v) is 33.0. The van der Waals surface area contributed by atoms with E-state index in [0.717, 1.165) is 85.4 Å². The maximum Gasteiger partial charge on any atom is 0.261 e. The Hall–Kier alpha value is -1.22. The van der Waals surface area contributed by atoms with E-state index in [9.17, 15) is 0 Å². The van der Waals surface area contributed by atoms with Gasteiger partial charge in [0.25, 0.3) is 11.8 Å². The Morgan fingerprint density at radius 3 is 1.00 bits per heavy atom. The zero-order chi connectivity index (χ0) is 50.7. The van der Waals surface area contributed by atoms with Crippen molar-refractivity contribution in [3.63, 3.8) is 0 Å². The second-order valence-electron chi connectivity index (χ2n) is 21.9. The Balaban J connectivity index is 1.83. The van der Waals surface area contributed by atoms with E-state index in [2.05, 4.69) is 109 Å². The van der Waals surface area contributed by atoms with Crippen molar-refractivity contribution in [1.29, 1.82) is 0 Å². The Bertz CT molecular complexity index is 1730. The lowest BCUT2D eigenvalue weighted by molar-refractivity contribution is -0.124. The van der Waals surface area contributed by atoms with Crippen LogP contribution in [0.2, 0.25) is 0 Å². The van der Waals surface area contributed by atoms with Gasteiger partial charge in [0.05, 0.1) is 39.9 Å². The molecule has 4 rings (SSSR count). The number of nitrogens with zero attached hydrogens (tertiary/aromatic N) is 2. The van der Waals surface area contributed by atoms with Gasteiger partial charge in [-0.05, 0) is 104 Å². The van der Waals surface area contributed by atoms with Gasteiger partial charge in [-0.1, -0.05) is 248 Å². The average Bonchev–Trinajstić information content (AvgIpc) is 4.07. The monoisotopic (exact) mass is 1130 g/mol. The maximum atomic E-state index is 15.6. The first-order valence-electron chi connectivity index (χ1n) is 29.8. The molecule has 0 radical (unpaired) electrons. The molecule has 0 fully saturated rings. The normalized spacial score (nSPS) is 15.9. The maximum absolute atomic E-state index is 15.6. The van der Waals surface area contributed by atoms with Gasteiger partial charge in [-0.2, -0.15) is 0 Å². The summed E-state index contributed by atoms with van der Waals surface area (Å²) in [6.45, 7) is 19.7. The minimum atomic E-state index is 0.0401. The third kappa shape index (κ3) is 19.2. The quantitative estimate of drug-likeness (QED) is 0.0622. The Labute approximate surface area is 456 Å². The van der Waals surface area contributed by atoms with Crippen LogP contribution in [0.15, 0.2) is 30.9 Å². The van der Waals surface area contributed by atoms with E-state index in [1.807, 2.05) is 0 Å². The zero-order valence-electron chi connectivity index (χ0n) is 46.2. The number of carbonyl (C=O) groups is 2. The molecular weight excluding hydrogens is 1030 g/mol. The van der Waals surface area contributed by atoms with Crippen molar-refractivity contribution in [2.45, 2.75) is 274 Å². The molecule has 2 aromatic rings. The van der Waals surface area contributed by atoms with Gasteiger partial charge in [0.1, 0.15) is 0 Å². The van der Waals surface area contributed by atoms with Crippen LogP contribution in [0.25, 0.3) is 11.4 Å². The van der Waals surface area contributed by atoms with E-state index < -0.39 is 0 Å². The molecule has 2 aliphatic rings. The number of halogens is 2. The van der Waals surface area contributed by atoms with Gasteiger partial charge in [0.2, 0.25) is 0 Å². The van der Waals surface area contributed by atoms with Crippen molar-refractivity contribution in [2.24, 2.45) is 23.7 Å². The van der Waals surface area contributed by atoms with Crippen LogP contribution >= 0.6 is 54.5 Å². The van der Waals surface area contributed by atoms with Crippen molar-refractivity contribution in [1.82, 2.24) is 9.80 Å². The highest BCUT2D eigenvalue weighted by molar-refractivity contribution is 9.11. The highest BCUT2D eigenvalue weighted by atomic mass is 79.9. The minimum Gasteiger partial charge on any atom is -0.306 e. The lowest BCUT2D eigenvalue weighted by atomic mass is 9.89. The summed E-state index contributed by atoms with van der Waals surface area (Å²) >= 11 is 11.7. The molecule has 8 heteroatoms. The lowest BCUT2D eigenvalue weighted by Gasteiger charge is -2.29. The van der Waals surface area contributed by atoms with E-state index in [0.29, 0.717) is 47.9 Å². The lowest BCUT2D eigenvalue weighted by Crippen LogP contribution is -2.34.